The van der Waals surface area contributed by atoms with E-state index in [9.17, 15) is 28.1 Å². The summed E-state index contributed by atoms with van der Waals surface area (Å²) in [6, 6.07) is 3.71. The highest BCUT2D eigenvalue weighted by atomic mass is 19.4. The van der Waals surface area contributed by atoms with Crippen molar-refractivity contribution in [1.29, 1.82) is 0 Å². The maximum Gasteiger partial charge on any atom is 0.422 e. The molecule has 19 heavy (non-hydrogen) atoms. The first-order valence-corrected chi connectivity index (χ1v) is 4.94. The summed E-state index contributed by atoms with van der Waals surface area (Å²) in [5.74, 6) is 0. The van der Waals surface area contributed by atoms with Crippen LogP contribution in [0.2, 0.25) is 0 Å². The molecule has 0 unspecified atom stereocenters. The average molecular weight is 278 g/mol. The van der Waals surface area contributed by atoms with Crippen LogP contribution in [0.4, 0.5) is 29.3 Å². The zero-order valence-electron chi connectivity index (χ0n) is 9.65. The van der Waals surface area contributed by atoms with E-state index in [0.29, 0.717) is 5.56 Å². The Bertz CT molecular complexity index is 502. The Kier molecular flexibility index (Phi) is 4.30. The van der Waals surface area contributed by atoms with Gasteiger partial charge in [-0.1, -0.05) is 6.07 Å². The molecule has 0 spiro atoms. The summed E-state index contributed by atoms with van der Waals surface area (Å²) in [5.41, 5.74) is 0.0808. The van der Waals surface area contributed by atoms with Crippen LogP contribution in [0.15, 0.2) is 18.2 Å². The number of nitro groups is 1. The SMILES string of the molecule is Cc1ccc(NC(=O)OCC(F)(F)F)cc1[N+](=O)[O-]. The monoisotopic (exact) mass is 278 g/mol. The van der Waals surface area contributed by atoms with Crippen LogP contribution in [0.3, 0.4) is 0 Å². The number of hydrogen-bond acceptors (Lipinski definition) is 4. The van der Waals surface area contributed by atoms with Gasteiger partial charge in [0.1, 0.15) is 0 Å². The van der Waals surface area contributed by atoms with Crippen molar-refractivity contribution in [1.82, 2.24) is 0 Å². The Morgan fingerprint density at radius 3 is 2.63 bits per heavy atom. The zero-order chi connectivity index (χ0) is 14.6. The number of anilines is 1. The highest BCUT2D eigenvalue weighted by Crippen LogP contribution is 2.22. The largest absolute Gasteiger partial charge is 0.440 e. The lowest BCUT2D eigenvalue weighted by Gasteiger charge is -2.09. The Hall–Kier alpha value is -2.32. The third-order valence-corrected chi connectivity index (χ3v) is 2.02. The van der Waals surface area contributed by atoms with Gasteiger partial charge in [0.15, 0.2) is 6.61 Å². The van der Waals surface area contributed by atoms with Gasteiger partial charge in [-0.2, -0.15) is 13.2 Å². The van der Waals surface area contributed by atoms with Crippen LogP contribution >= 0.6 is 0 Å². The van der Waals surface area contributed by atoms with Gasteiger partial charge >= 0.3 is 12.3 Å². The van der Waals surface area contributed by atoms with E-state index in [1.165, 1.54) is 19.1 Å². The fourth-order valence-electron chi connectivity index (χ4n) is 1.19. The minimum absolute atomic E-state index is 0.0236. The number of hydrogen-bond donors (Lipinski definition) is 1. The van der Waals surface area contributed by atoms with Crippen LogP contribution in [0, 0.1) is 17.0 Å². The summed E-state index contributed by atoms with van der Waals surface area (Å²) in [6.45, 7) is -0.239. The molecule has 0 aromatic heterocycles. The van der Waals surface area contributed by atoms with Crippen molar-refractivity contribution in [2.24, 2.45) is 0 Å². The first-order chi connectivity index (χ1) is 8.69. The Morgan fingerprint density at radius 2 is 2.11 bits per heavy atom. The molecule has 0 heterocycles. The van der Waals surface area contributed by atoms with Crippen molar-refractivity contribution < 1.29 is 27.6 Å². The van der Waals surface area contributed by atoms with Gasteiger partial charge in [0.2, 0.25) is 0 Å². The number of carbonyl (C=O) groups is 1. The predicted molar refractivity (Wildman–Crippen MR) is 58.9 cm³/mol. The molecule has 1 aromatic rings. The Balaban J connectivity index is 2.70. The summed E-state index contributed by atoms with van der Waals surface area (Å²) in [6.07, 6.45) is -5.97. The second-order valence-electron chi connectivity index (χ2n) is 3.57. The number of benzene rings is 1. The normalized spacial score (nSPS) is 10.9. The maximum absolute atomic E-state index is 11.8. The summed E-state index contributed by atoms with van der Waals surface area (Å²) in [5, 5.41) is 12.6. The molecule has 0 aliphatic carbocycles. The van der Waals surface area contributed by atoms with Crippen molar-refractivity contribution in [3.63, 3.8) is 0 Å². The van der Waals surface area contributed by atoms with Crippen molar-refractivity contribution in [3.8, 4) is 0 Å². The van der Waals surface area contributed by atoms with Crippen LogP contribution in [-0.4, -0.2) is 23.8 Å². The number of amides is 1. The van der Waals surface area contributed by atoms with E-state index in [1.54, 1.807) is 0 Å². The van der Waals surface area contributed by atoms with Gasteiger partial charge in [-0.15, -0.1) is 0 Å². The lowest BCUT2D eigenvalue weighted by atomic mass is 10.2. The number of rotatable bonds is 3. The van der Waals surface area contributed by atoms with Gasteiger partial charge in [0.25, 0.3) is 5.69 Å². The van der Waals surface area contributed by atoms with Crippen LogP contribution in [0.5, 0.6) is 0 Å². The number of nitrogens with zero attached hydrogens (tertiary/aromatic N) is 1. The maximum atomic E-state index is 11.8. The third kappa shape index (κ3) is 4.82. The summed E-state index contributed by atoms with van der Waals surface area (Å²) in [4.78, 5) is 21.0. The van der Waals surface area contributed by atoms with E-state index in [4.69, 9.17) is 0 Å². The minimum atomic E-state index is -4.63. The fraction of sp³-hybridized carbons (Fsp3) is 0.300. The smallest absolute Gasteiger partial charge is 0.422 e. The van der Waals surface area contributed by atoms with Crippen LogP contribution in [-0.2, 0) is 4.74 Å². The van der Waals surface area contributed by atoms with E-state index < -0.39 is 23.8 Å². The van der Waals surface area contributed by atoms with Gasteiger partial charge in [0, 0.05) is 11.6 Å². The van der Waals surface area contributed by atoms with Crippen molar-refractivity contribution in [2.45, 2.75) is 13.1 Å². The summed E-state index contributed by atoms with van der Waals surface area (Å²) >= 11 is 0. The third-order valence-electron chi connectivity index (χ3n) is 2.02. The van der Waals surface area contributed by atoms with Crippen molar-refractivity contribution in [2.75, 3.05) is 11.9 Å². The Morgan fingerprint density at radius 1 is 1.47 bits per heavy atom. The first-order valence-electron chi connectivity index (χ1n) is 4.94. The van der Waals surface area contributed by atoms with Gasteiger partial charge < -0.3 is 4.74 Å². The van der Waals surface area contributed by atoms with Crippen molar-refractivity contribution >= 4 is 17.5 Å². The van der Waals surface area contributed by atoms with E-state index in [-0.39, 0.29) is 11.4 Å². The van der Waals surface area contributed by atoms with Crippen LogP contribution < -0.4 is 5.32 Å². The standard InChI is InChI=1S/C10H9F3N2O4/c1-6-2-3-7(4-8(6)15(17)18)14-9(16)19-5-10(11,12)13/h2-4H,5H2,1H3,(H,14,16). The van der Waals surface area contributed by atoms with E-state index in [1.807, 2.05) is 5.32 Å². The topological polar surface area (TPSA) is 81.5 Å². The van der Waals surface area contributed by atoms with Crippen molar-refractivity contribution in [3.05, 3.63) is 33.9 Å². The summed E-state index contributed by atoms with van der Waals surface area (Å²) in [7, 11) is 0. The minimum Gasteiger partial charge on any atom is -0.440 e. The molecule has 6 nitrogen and oxygen atoms in total. The van der Waals surface area contributed by atoms with Gasteiger partial charge in [0.05, 0.1) is 10.6 Å². The molecule has 0 radical (unpaired) electrons. The Labute approximate surface area is 105 Å². The number of alkyl halides is 3. The molecule has 0 saturated carbocycles. The number of carbonyl (C=O) groups excluding carboxylic acids is 1. The lowest BCUT2D eigenvalue weighted by molar-refractivity contribution is -0.385. The molecule has 0 fully saturated rings. The van der Waals surface area contributed by atoms with Gasteiger partial charge in [-0.3, -0.25) is 15.4 Å². The predicted octanol–water partition coefficient (Wildman–Crippen LogP) is 3.01. The number of ether oxygens (including phenoxy) is 1. The molecule has 1 aromatic carbocycles. The molecule has 0 bridgehead atoms. The highest BCUT2D eigenvalue weighted by molar-refractivity contribution is 5.85. The summed E-state index contributed by atoms with van der Waals surface area (Å²) < 4.78 is 39.2. The molecule has 0 saturated heterocycles. The van der Waals surface area contributed by atoms with E-state index in [0.717, 1.165) is 6.07 Å². The molecular weight excluding hydrogens is 269 g/mol. The molecule has 0 aliphatic rings. The number of aryl methyl sites for hydroxylation is 1. The quantitative estimate of drug-likeness (QED) is 0.680. The molecule has 0 aliphatic heterocycles. The average Bonchev–Trinajstić information content (AvgIpc) is 2.28. The number of nitro benzene ring substituents is 1. The molecular formula is C10H9F3N2O4. The highest BCUT2D eigenvalue weighted by Gasteiger charge is 2.29. The second-order valence-corrected chi connectivity index (χ2v) is 3.57. The molecule has 104 valence electrons. The van der Waals surface area contributed by atoms with Gasteiger partial charge in [-0.25, -0.2) is 4.79 Å². The molecule has 0 atom stereocenters. The zero-order valence-corrected chi connectivity index (χ0v) is 9.65. The van der Waals surface area contributed by atoms with Crippen LogP contribution in [0.1, 0.15) is 5.56 Å². The van der Waals surface area contributed by atoms with Crippen LogP contribution in [0.25, 0.3) is 0 Å². The van der Waals surface area contributed by atoms with Gasteiger partial charge in [-0.05, 0) is 13.0 Å². The van der Waals surface area contributed by atoms with E-state index in [2.05, 4.69) is 4.74 Å². The van der Waals surface area contributed by atoms with E-state index >= 15 is 0 Å². The fourth-order valence-corrected chi connectivity index (χ4v) is 1.19. The molecule has 1 N–H and O–H groups in total. The lowest BCUT2D eigenvalue weighted by Crippen LogP contribution is -2.23. The second kappa shape index (κ2) is 5.55. The molecule has 1 amide bonds. The molecule has 1 rings (SSSR count). The first kappa shape index (κ1) is 14.7. The number of nitrogens with one attached hydrogen (secondary N) is 1. The number of halogens is 3. The molecule has 9 heteroatoms.